The molecule has 2 unspecified atom stereocenters. The third kappa shape index (κ3) is 2.33. The van der Waals surface area contributed by atoms with Gasteiger partial charge in [-0.05, 0) is 44.7 Å². The summed E-state index contributed by atoms with van der Waals surface area (Å²) in [5.41, 5.74) is 2.08. The van der Waals surface area contributed by atoms with Gasteiger partial charge in [-0.25, -0.2) is 13.4 Å². The molecule has 7 heteroatoms. The number of fused-ring (bicyclic) bond motifs is 3. The molecule has 2 aromatic rings. The number of sulfone groups is 1. The number of aromatic nitrogens is 2. The normalized spacial score (nSPS) is 26.9. The van der Waals surface area contributed by atoms with Crippen molar-refractivity contribution in [3.05, 3.63) is 35.8 Å². The minimum Gasteiger partial charge on any atom is -0.331 e. The van der Waals surface area contributed by atoms with Crippen molar-refractivity contribution in [1.29, 1.82) is 0 Å². The molecule has 2 fully saturated rings. The van der Waals surface area contributed by atoms with E-state index in [1.54, 1.807) is 0 Å². The molecule has 4 rings (SSSR count). The summed E-state index contributed by atoms with van der Waals surface area (Å²) < 4.78 is 25.7. The van der Waals surface area contributed by atoms with Gasteiger partial charge < -0.3 is 4.90 Å². The van der Waals surface area contributed by atoms with Crippen molar-refractivity contribution >= 4 is 21.4 Å². The van der Waals surface area contributed by atoms with E-state index in [-0.39, 0.29) is 23.2 Å². The smallest absolute Gasteiger partial charge is 0.273 e. The fraction of sp³-hybridized carbons (Fsp3) is 0.529. The molecule has 4 heterocycles. The molecule has 24 heavy (non-hydrogen) atoms. The Morgan fingerprint density at radius 1 is 1.21 bits per heavy atom. The van der Waals surface area contributed by atoms with Crippen LogP contribution in [0.25, 0.3) is 5.65 Å². The third-order valence-electron chi connectivity index (χ3n) is 5.44. The maximum Gasteiger partial charge on any atom is 0.273 e. The average Bonchev–Trinajstić information content (AvgIpc) is 2.98. The molecule has 0 radical (unpaired) electrons. The summed E-state index contributed by atoms with van der Waals surface area (Å²) >= 11 is 0. The molecule has 0 aromatic carbocycles. The van der Waals surface area contributed by atoms with E-state index < -0.39 is 9.84 Å². The van der Waals surface area contributed by atoms with Crippen LogP contribution in [-0.4, -0.2) is 52.2 Å². The molecule has 2 bridgehead atoms. The molecule has 1 amide bonds. The van der Waals surface area contributed by atoms with Crippen LogP contribution in [0.15, 0.2) is 24.4 Å². The van der Waals surface area contributed by atoms with Crippen LogP contribution in [0.4, 0.5) is 0 Å². The number of carbonyl (C=O) groups excluding carboxylic acids is 1. The number of aryl methyl sites for hydroxylation is 1. The van der Waals surface area contributed by atoms with Gasteiger partial charge in [0, 0.05) is 24.5 Å². The molecule has 0 saturated carbocycles. The van der Waals surface area contributed by atoms with Gasteiger partial charge in [-0.1, -0.05) is 6.07 Å². The molecule has 2 aromatic heterocycles. The first kappa shape index (κ1) is 15.6. The number of piperidine rings is 1. The first-order valence-electron chi connectivity index (χ1n) is 8.31. The highest BCUT2D eigenvalue weighted by Gasteiger charge is 2.46. The Hall–Kier alpha value is -1.89. The van der Waals surface area contributed by atoms with Crippen LogP contribution in [0.1, 0.15) is 41.9 Å². The number of hydrogen-bond donors (Lipinski definition) is 0. The van der Waals surface area contributed by atoms with Crippen LogP contribution < -0.4 is 0 Å². The monoisotopic (exact) mass is 347 g/mol. The van der Waals surface area contributed by atoms with E-state index in [4.69, 9.17) is 0 Å². The van der Waals surface area contributed by atoms with Gasteiger partial charge in [0.05, 0.1) is 10.9 Å². The van der Waals surface area contributed by atoms with Gasteiger partial charge >= 0.3 is 0 Å². The molecule has 0 aliphatic carbocycles. The highest BCUT2D eigenvalue weighted by molar-refractivity contribution is 7.91. The van der Waals surface area contributed by atoms with Gasteiger partial charge in [0.25, 0.3) is 5.91 Å². The van der Waals surface area contributed by atoms with Crippen LogP contribution in [-0.2, 0) is 9.84 Å². The lowest BCUT2D eigenvalue weighted by atomic mass is 10.0. The zero-order valence-electron chi connectivity index (χ0n) is 13.8. The lowest BCUT2D eigenvalue weighted by Crippen LogP contribution is -2.50. The molecule has 128 valence electrons. The Labute approximate surface area is 141 Å². The van der Waals surface area contributed by atoms with E-state index in [1.165, 1.54) is 6.26 Å². The van der Waals surface area contributed by atoms with Crippen LogP contribution >= 0.6 is 0 Å². The summed E-state index contributed by atoms with van der Waals surface area (Å²) in [7, 11) is -3.05. The highest BCUT2D eigenvalue weighted by Crippen LogP contribution is 2.39. The average molecular weight is 347 g/mol. The second-order valence-electron chi connectivity index (χ2n) is 7.00. The van der Waals surface area contributed by atoms with Gasteiger partial charge in [-0.2, -0.15) is 0 Å². The fourth-order valence-corrected chi connectivity index (χ4v) is 5.45. The van der Waals surface area contributed by atoms with Crippen molar-refractivity contribution in [1.82, 2.24) is 14.3 Å². The molecule has 2 saturated heterocycles. The molecular formula is C17H21N3O3S. The molecular weight excluding hydrogens is 326 g/mol. The van der Waals surface area contributed by atoms with Gasteiger partial charge in [0.15, 0.2) is 0 Å². The van der Waals surface area contributed by atoms with Crippen LogP contribution in [0.2, 0.25) is 0 Å². The Kier molecular flexibility index (Phi) is 3.46. The quantitative estimate of drug-likeness (QED) is 0.831. The van der Waals surface area contributed by atoms with E-state index in [1.807, 2.05) is 40.6 Å². The van der Waals surface area contributed by atoms with Crippen LogP contribution in [0, 0.1) is 6.92 Å². The van der Waals surface area contributed by atoms with E-state index in [9.17, 15) is 13.2 Å². The summed E-state index contributed by atoms with van der Waals surface area (Å²) in [5, 5.41) is -0.317. The fourth-order valence-electron chi connectivity index (χ4n) is 4.30. The van der Waals surface area contributed by atoms with Gasteiger partial charge in [0.1, 0.15) is 21.2 Å². The summed E-state index contributed by atoms with van der Waals surface area (Å²) in [6.07, 6.45) is 6.04. The van der Waals surface area contributed by atoms with Crippen molar-refractivity contribution in [2.75, 3.05) is 6.26 Å². The second kappa shape index (κ2) is 5.31. The van der Waals surface area contributed by atoms with E-state index in [2.05, 4.69) is 4.98 Å². The van der Waals surface area contributed by atoms with Crippen molar-refractivity contribution in [2.24, 2.45) is 0 Å². The zero-order valence-corrected chi connectivity index (χ0v) is 14.7. The predicted molar refractivity (Wildman–Crippen MR) is 90.8 cm³/mol. The van der Waals surface area contributed by atoms with Gasteiger partial charge in [-0.15, -0.1) is 0 Å². The summed E-state index contributed by atoms with van der Waals surface area (Å²) in [6.45, 7) is 1.85. The summed E-state index contributed by atoms with van der Waals surface area (Å²) in [5.74, 6) is -0.0225. The van der Waals surface area contributed by atoms with Crippen LogP contribution in [0.3, 0.4) is 0 Å². The number of rotatable bonds is 2. The lowest BCUT2D eigenvalue weighted by Gasteiger charge is -2.38. The minimum atomic E-state index is -3.05. The first-order valence-corrected chi connectivity index (χ1v) is 10.3. The van der Waals surface area contributed by atoms with E-state index >= 15 is 0 Å². The second-order valence-corrected chi connectivity index (χ2v) is 9.32. The SMILES string of the molecule is Cc1nc2ccccn2c1C(=O)N1C2CCC1CC(S(C)(=O)=O)C2. The maximum absolute atomic E-state index is 13.2. The van der Waals surface area contributed by atoms with Crippen molar-refractivity contribution in [3.8, 4) is 0 Å². The van der Waals surface area contributed by atoms with Gasteiger partial charge in [0.2, 0.25) is 0 Å². The Balaban J connectivity index is 1.70. The molecule has 6 nitrogen and oxygen atoms in total. The topological polar surface area (TPSA) is 71.8 Å². The highest BCUT2D eigenvalue weighted by atomic mass is 32.2. The number of imidazole rings is 1. The Bertz CT molecular complexity index is 904. The number of nitrogens with zero attached hydrogens (tertiary/aromatic N) is 3. The maximum atomic E-state index is 13.2. The lowest BCUT2D eigenvalue weighted by molar-refractivity contribution is 0.0590. The van der Waals surface area contributed by atoms with Gasteiger partial charge in [-0.3, -0.25) is 9.20 Å². The number of pyridine rings is 1. The number of carbonyl (C=O) groups is 1. The molecule has 0 N–H and O–H groups in total. The van der Waals surface area contributed by atoms with Crippen molar-refractivity contribution in [3.63, 3.8) is 0 Å². The van der Waals surface area contributed by atoms with E-state index in [0.717, 1.165) is 24.2 Å². The minimum absolute atomic E-state index is 0.0182. The Morgan fingerprint density at radius 2 is 1.88 bits per heavy atom. The largest absolute Gasteiger partial charge is 0.331 e. The predicted octanol–water partition coefficient (Wildman–Crippen LogP) is 1.82. The first-order chi connectivity index (χ1) is 11.4. The standard InChI is InChI=1S/C17H21N3O3S/c1-11-16(19-8-4-3-5-15(19)18-11)17(21)20-12-6-7-13(20)10-14(9-12)24(2,22)23/h3-5,8,12-14H,6-7,9-10H2,1-2H3. The van der Waals surface area contributed by atoms with Crippen molar-refractivity contribution < 1.29 is 13.2 Å². The summed E-state index contributed by atoms with van der Waals surface area (Å²) in [4.78, 5) is 19.6. The molecule has 0 spiro atoms. The molecule has 2 aliphatic heterocycles. The number of hydrogen-bond acceptors (Lipinski definition) is 4. The Morgan fingerprint density at radius 3 is 2.50 bits per heavy atom. The van der Waals surface area contributed by atoms with Crippen molar-refractivity contribution in [2.45, 2.75) is 49.9 Å². The van der Waals surface area contributed by atoms with Crippen LogP contribution in [0.5, 0.6) is 0 Å². The third-order valence-corrected chi connectivity index (χ3v) is 7.03. The summed E-state index contributed by atoms with van der Waals surface area (Å²) in [6, 6.07) is 5.70. The number of amides is 1. The zero-order chi connectivity index (χ0) is 17.1. The molecule has 2 aliphatic rings. The molecule has 2 atom stereocenters. The van der Waals surface area contributed by atoms with E-state index in [0.29, 0.717) is 18.5 Å².